The first-order valence-electron chi connectivity index (χ1n) is 7.33. The molecule has 0 heterocycles. The van der Waals surface area contributed by atoms with Gasteiger partial charge in [0.2, 0.25) is 0 Å². The lowest BCUT2D eigenvalue weighted by Gasteiger charge is -2.17. The Morgan fingerprint density at radius 3 is 3.00 bits per heavy atom. The molecule has 0 atom stereocenters. The summed E-state index contributed by atoms with van der Waals surface area (Å²) in [4.78, 5) is 14.0. The molecule has 0 bridgehead atoms. The van der Waals surface area contributed by atoms with Crippen molar-refractivity contribution in [3.8, 4) is 11.8 Å². The number of hydrogen-bond donors (Lipinski definition) is 1. The Morgan fingerprint density at radius 2 is 2.29 bits per heavy atom. The van der Waals surface area contributed by atoms with Crippen molar-refractivity contribution in [3.63, 3.8) is 0 Å². The molecule has 1 aromatic rings. The minimum atomic E-state index is -0.0126. The lowest BCUT2D eigenvalue weighted by molar-refractivity contribution is 0.0681. The monoisotopic (exact) mass is 286 g/mol. The number of nitrogens with zero attached hydrogens (tertiary/aromatic N) is 1. The van der Waals surface area contributed by atoms with Crippen LogP contribution in [0, 0.1) is 17.8 Å². The van der Waals surface area contributed by atoms with Crippen molar-refractivity contribution in [3.05, 3.63) is 35.4 Å². The second kappa shape index (κ2) is 7.82. The van der Waals surface area contributed by atoms with Gasteiger partial charge in [0.15, 0.2) is 0 Å². The Balaban J connectivity index is 1.85. The van der Waals surface area contributed by atoms with Gasteiger partial charge in [0.1, 0.15) is 0 Å². The van der Waals surface area contributed by atoms with Crippen LogP contribution < -0.4 is 5.73 Å². The Hall–Kier alpha value is -1.83. The van der Waals surface area contributed by atoms with Crippen LogP contribution in [0.3, 0.4) is 0 Å². The van der Waals surface area contributed by atoms with E-state index in [4.69, 9.17) is 10.5 Å². The molecule has 0 saturated heterocycles. The van der Waals surface area contributed by atoms with Gasteiger partial charge in [-0.3, -0.25) is 4.79 Å². The summed E-state index contributed by atoms with van der Waals surface area (Å²) < 4.78 is 5.56. The van der Waals surface area contributed by atoms with Gasteiger partial charge in [0.05, 0.1) is 13.2 Å². The number of carbonyl (C=O) groups excluding carboxylic acids is 1. The number of benzene rings is 1. The predicted octanol–water partition coefficient (Wildman–Crippen LogP) is 1.50. The molecule has 0 unspecified atom stereocenters. The zero-order valence-corrected chi connectivity index (χ0v) is 12.5. The molecule has 2 N–H and O–H groups in total. The van der Waals surface area contributed by atoms with E-state index < -0.39 is 0 Å². The number of amides is 1. The molecule has 0 aliphatic heterocycles. The zero-order chi connectivity index (χ0) is 15.1. The summed E-state index contributed by atoms with van der Waals surface area (Å²) >= 11 is 0. The second-order valence-corrected chi connectivity index (χ2v) is 5.33. The van der Waals surface area contributed by atoms with E-state index in [-0.39, 0.29) is 5.91 Å². The summed E-state index contributed by atoms with van der Waals surface area (Å²) in [6.07, 6.45) is 2.57. The van der Waals surface area contributed by atoms with E-state index in [2.05, 4.69) is 11.8 Å². The van der Waals surface area contributed by atoms with Gasteiger partial charge in [-0.2, -0.15) is 0 Å². The van der Waals surface area contributed by atoms with Gasteiger partial charge < -0.3 is 15.4 Å². The summed E-state index contributed by atoms with van der Waals surface area (Å²) in [5.74, 6) is 6.47. The van der Waals surface area contributed by atoms with Crippen molar-refractivity contribution >= 4 is 5.91 Å². The highest BCUT2D eigenvalue weighted by molar-refractivity contribution is 5.94. The number of ether oxygens (including phenoxy) is 1. The van der Waals surface area contributed by atoms with E-state index in [1.807, 2.05) is 12.1 Å². The van der Waals surface area contributed by atoms with Crippen molar-refractivity contribution in [2.45, 2.75) is 12.8 Å². The van der Waals surface area contributed by atoms with Crippen LogP contribution in [-0.4, -0.2) is 44.2 Å². The molecule has 4 heteroatoms. The molecule has 4 nitrogen and oxygen atoms in total. The highest BCUT2D eigenvalue weighted by Gasteiger charge is 2.21. The van der Waals surface area contributed by atoms with Crippen molar-refractivity contribution in [2.75, 3.05) is 33.4 Å². The van der Waals surface area contributed by atoms with Gasteiger partial charge in [0.25, 0.3) is 5.91 Å². The van der Waals surface area contributed by atoms with Crippen molar-refractivity contribution in [1.82, 2.24) is 4.90 Å². The van der Waals surface area contributed by atoms with Crippen LogP contribution in [-0.2, 0) is 4.74 Å². The Morgan fingerprint density at radius 1 is 1.48 bits per heavy atom. The minimum Gasteiger partial charge on any atom is -0.379 e. The van der Waals surface area contributed by atoms with E-state index in [1.54, 1.807) is 24.1 Å². The number of carbonyl (C=O) groups is 1. The molecule has 21 heavy (non-hydrogen) atoms. The quantitative estimate of drug-likeness (QED) is 0.637. The van der Waals surface area contributed by atoms with Gasteiger partial charge in [-0.15, -0.1) is 0 Å². The minimum absolute atomic E-state index is 0.0126. The van der Waals surface area contributed by atoms with E-state index in [9.17, 15) is 4.79 Å². The highest BCUT2D eigenvalue weighted by Crippen LogP contribution is 2.28. The molecule has 1 saturated carbocycles. The van der Waals surface area contributed by atoms with Gasteiger partial charge in [-0.1, -0.05) is 17.9 Å². The molecule has 112 valence electrons. The fourth-order valence-corrected chi connectivity index (χ4v) is 1.94. The third-order valence-electron chi connectivity index (χ3n) is 3.41. The number of nitrogens with two attached hydrogens (primary N) is 1. The Bertz CT molecular complexity index is 541. The molecule has 1 aliphatic rings. The van der Waals surface area contributed by atoms with E-state index in [0.29, 0.717) is 25.3 Å². The summed E-state index contributed by atoms with van der Waals surface area (Å²) in [6.45, 7) is 2.33. The van der Waals surface area contributed by atoms with E-state index in [0.717, 1.165) is 18.1 Å². The van der Waals surface area contributed by atoms with Crippen LogP contribution in [0.4, 0.5) is 0 Å². The molecule has 1 aliphatic carbocycles. The first-order chi connectivity index (χ1) is 10.2. The molecule has 2 rings (SSSR count). The first-order valence-corrected chi connectivity index (χ1v) is 7.33. The summed E-state index contributed by atoms with van der Waals surface area (Å²) in [5.41, 5.74) is 6.81. The van der Waals surface area contributed by atoms with Crippen molar-refractivity contribution in [1.29, 1.82) is 0 Å². The maximum Gasteiger partial charge on any atom is 0.253 e. The Kier molecular flexibility index (Phi) is 5.79. The maximum atomic E-state index is 12.3. The highest BCUT2D eigenvalue weighted by atomic mass is 16.5. The van der Waals surface area contributed by atoms with Gasteiger partial charge in [-0.25, -0.2) is 0 Å². The van der Waals surface area contributed by atoms with Crippen LogP contribution in [0.2, 0.25) is 0 Å². The van der Waals surface area contributed by atoms with Crippen LogP contribution in [0.1, 0.15) is 28.8 Å². The van der Waals surface area contributed by atoms with Crippen LogP contribution in [0.25, 0.3) is 0 Å². The average molecular weight is 286 g/mol. The number of likely N-dealkylation sites (N-methyl/N-ethyl adjacent to an activating group) is 1. The summed E-state index contributed by atoms with van der Waals surface area (Å²) in [6, 6.07) is 7.31. The molecule has 0 aromatic heterocycles. The SMILES string of the molecule is CN(CCOCC1CC1)C(=O)c1cccc(C#CCN)c1. The topological polar surface area (TPSA) is 55.6 Å². The Labute approximate surface area is 126 Å². The normalized spacial score (nSPS) is 13.4. The molecule has 1 fully saturated rings. The van der Waals surface area contributed by atoms with E-state index in [1.165, 1.54) is 12.8 Å². The van der Waals surface area contributed by atoms with E-state index >= 15 is 0 Å². The number of rotatable bonds is 6. The van der Waals surface area contributed by atoms with Gasteiger partial charge >= 0.3 is 0 Å². The second-order valence-electron chi connectivity index (χ2n) is 5.33. The van der Waals surface area contributed by atoms with Crippen LogP contribution in [0.5, 0.6) is 0 Å². The molecule has 0 spiro atoms. The third-order valence-corrected chi connectivity index (χ3v) is 3.41. The molecule has 1 amide bonds. The van der Waals surface area contributed by atoms with Gasteiger partial charge in [0, 0.05) is 31.3 Å². The van der Waals surface area contributed by atoms with Crippen molar-refractivity contribution in [2.24, 2.45) is 11.7 Å². The number of hydrogen-bond acceptors (Lipinski definition) is 3. The molecule has 0 radical (unpaired) electrons. The third kappa shape index (κ3) is 5.22. The largest absolute Gasteiger partial charge is 0.379 e. The fraction of sp³-hybridized carbons (Fsp3) is 0.471. The molecule has 1 aromatic carbocycles. The zero-order valence-electron chi connectivity index (χ0n) is 12.5. The molecular weight excluding hydrogens is 264 g/mol. The maximum absolute atomic E-state index is 12.3. The first kappa shape index (κ1) is 15.6. The predicted molar refractivity (Wildman–Crippen MR) is 82.9 cm³/mol. The van der Waals surface area contributed by atoms with Crippen molar-refractivity contribution < 1.29 is 9.53 Å². The smallest absolute Gasteiger partial charge is 0.253 e. The summed E-state index contributed by atoms with van der Waals surface area (Å²) in [5, 5.41) is 0. The molecular formula is C17H22N2O2. The van der Waals surface area contributed by atoms with Crippen LogP contribution in [0.15, 0.2) is 24.3 Å². The lowest BCUT2D eigenvalue weighted by Crippen LogP contribution is -2.30. The lowest BCUT2D eigenvalue weighted by atomic mass is 10.1. The summed E-state index contributed by atoms with van der Waals surface area (Å²) in [7, 11) is 1.79. The van der Waals surface area contributed by atoms with Gasteiger partial charge in [-0.05, 0) is 37.0 Å². The fourth-order valence-electron chi connectivity index (χ4n) is 1.94. The standard InChI is InChI=1S/C17H22N2O2/c1-19(10-11-21-13-15-7-8-15)17(20)16-6-2-4-14(12-16)5-3-9-18/h2,4,6,12,15H,7-11,13,18H2,1H3. The average Bonchev–Trinajstić information content (AvgIpc) is 3.33. The van der Waals surface area contributed by atoms with Crippen LogP contribution >= 0.6 is 0 Å².